The van der Waals surface area contributed by atoms with Crippen LogP contribution in [0.5, 0.6) is 5.75 Å². The highest BCUT2D eigenvalue weighted by molar-refractivity contribution is 7.79. The molecule has 2 aromatic carbocycles. The third-order valence-electron chi connectivity index (χ3n) is 15.6. The predicted molar refractivity (Wildman–Crippen MR) is 242 cm³/mol. The molecule has 3 aromatic rings. The number of esters is 3. The maximum absolute atomic E-state index is 15.3. The van der Waals surface area contributed by atoms with Crippen LogP contribution in [0.3, 0.4) is 0 Å². The van der Waals surface area contributed by atoms with Gasteiger partial charge in [0, 0.05) is 90.9 Å². The summed E-state index contributed by atoms with van der Waals surface area (Å²) in [5, 5.41) is 26.3. The van der Waals surface area contributed by atoms with Crippen molar-refractivity contribution >= 4 is 57.3 Å². The van der Waals surface area contributed by atoms with Gasteiger partial charge in [-0.1, -0.05) is 44.2 Å². The van der Waals surface area contributed by atoms with Crippen molar-refractivity contribution in [2.45, 2.75) is 99.5 Å². The summed E-state index contributed by atoms with van der Waals surface area (Å²) in [5.74, 6) is -1.56. The number of rotatable bonds is 7. The fourth-order valence-electron chi connectivity index (χ4n) is 13.5. The number of halogens is 1. The van der Waals surface area contributed by atoms with Gasteiger partial charge in [-0.3, -0.25) is 28.5 Å². The second-order valence-corrected chi connectivity index (χ2v) is 19.5. The quantitative estimate of drug-likeness (QED) is 0.0984. The number of nitrogens with zero attached hydrogens (tertiary/aromatic N) is 3. The number of methoxy groups -OCH3 is 3. The number of hydrogen-bond donors (Lipinski definition) is 5. The van der Waals surface area contributed by atoms with Crippen molar-refractivity contribution in [2.75, 3.05) is 66.0 Å². The number of likely N-dealkylation sites (N-methyl/N-ethyl adjacent to an activating group) is 1. The zero-order valence-corrected chi connectivity index (χ0v) is 39.5. The largest absolute Gasteiger partial charge is 0.496 e. The Kier molecular flexibility index (Phi) is 12.8. The molecule has 1 unspecified atom stereocenters. The third-order valence-corrected chi connectivity index (χ3v) is 15.6. The molecule has 2 bridgehead atoms. The number of aromatic nitrogens is 1. The molecular weight excluding hydrogens is 884 g/mol. The molecule has 0 amide bonds. The number of fused-ring (bicyclic) bond motifs is 6. The Balaban J connectivity index is 0.000000997. The predicted octanol–water partition coefficient (Wildman–Crippen LogP) is 3.76. The Hall–Kier alpha value is -4.27. The summed E-state index contributed by atoms with van der Waals surface area (Å²) >= 11 is 0. The van der Waals surface area contributed by atoms with Gasteiger partial charge in [-0.2, -0.15) is 8.42 Å². The van der Waals surface area contributed by atoms with Crippen LogP contribution in [0.2, 0.25) is 0 Å². The second kappa shape index (κ2) is 17.1. The highest BCUT2D eigenvalue weighted by Gasteiger charge is 2.80. The van der Waals surface area contributed by atoms with Gasteiger partial charge in [0.25, 0.3) is 0 Å². The third kappa shape index (κ3) is 7.25. The van der Waals surface area contributed by atoms with E-state index < -0.39 is 67.9 Å². The van der Waals surface area contributed by atoms with Crippen molar-refractivity contribution in [3.05, 3.63) is 70.9 Å². The number of benzene rings is 2. The number of anilines is 1. The lowest BCUT2D eigenvalue weighted by atomic mass is 9.47. The zero-order valence-electron chi connectivity index (χ0n) is 37.8. The molecule has 9 rings (SSSR count). The van der Waals surface area contributed by atoms with E-state index in [2.05, 4.69) is 39.1 Å². The number of piperidine rings is 1. The molecule has 2 saturated heterocycles. The summed E-state index contributed by atoms with van der Waals surface area (Å²) in [6.07, 6.45) is 5.94. The van der Waals surface area contributed by atoms with Gasteiger partial charge in [0.05, 0.1) is 33.0 Å². The first-order chi connectivity index (χ1) is 30.2. The molecule has 0 radical (unpaired) electrons. The summed E-state index contributed by atoms with van der Waals surface area (Å²) in [7, 11) is 1.49. The van der Waals surface area contributed by atoms with Gasteiger partial charge >= 0.3 is 28.3 Å². The molecule has 10 atom stereocenters. The highest BCUT2D eigenvalue weighted by Crippen LogP contribution is 2.68. The summed E-state index contributed by atoms with van der Waals surface area (Å²) < 4.78 is 55.5. The van der Waals surface area contributed by atoms with Gasteiger partial charge in [-0.15, -0.1) is 12.4 Å². The molecule has 5 N–H and O–H groups in total. The smallest absolute Gasteiger partial charge is 0.394 e. The topological polar surface area (TPSA) is 229 Å². The van der Waals surface area contributed by atoms with Gasteiger partial charge in [-0.25, -0.2) is 4.79 Å². The number of carbonyl (C=O) groups is 3. The van der Waals surface area contributed by atoms with E-state index in [0.717, 1.165) is 33.4 Å². The van der Waals surface area contributed by atoms with Crippen molar-refractivity contribution in [3.8, 4) is 5.75 Å². The second-order valence-electron chi connectivity index (χ2n) is 18.7. The van der Waals surface area contributed by atoms with Gasteiger partial charge < -0.3 is 39.0 Å². The first kappa shape index (κ1) is 48.7. The minimum absolute atomic E-state index is 0. The Labute approximate surface area is 385 Å². The normalized spacial score (nSPS) is 34.4. The van der Waals surface area contributed by atoms with Crippen LogP contribution in [-0.2, 0) is 56.2 Å². The molecule has 17 nitrogen and oxygen atoms in total. The first-order valence-corrected chi connectivity index (χ1v) is 23.3. The molecule has 6 aliphatic rings. The van der Waals surface area contributed by atoms with Crippen molar-refractivity contribution in [2.24, 2.45) is 11.3 Å². The number of para-hydroxylation sites is 1. The van der Waals surface area contributed by atoms with Gasteiger partial charge in [0.2, 0.25) is 5.60 Å². The van der Waals surface area contributed by atoms with Gasteiger partial charge in [0.15, 0.2) is 6.10 Å². The molecule has 5 aliphatic heterocycles. The van der Waals surface area contributed by atoms with E-state index in [4.69, 9.17) is 36.5 Å². The number of aliphatic hydroxyl groups is 2. The number of ether oxygens (including phenoxy) is 4. The Bertz CT molecular complexity index is 2510. The summed E-state index contributed by atoms with van der Waals surface area (Å²) in [4.78, 5) is 53.2. The summed E-state index contributed by atoms with van der Waals surface area (Å²) in [5.41, 5.74) is -1.62. The molecule has 1 aliphatic carbocycles. The Morgan fingerprint density at radius 1 is 0.938 bits per heavy atom. The van der Waals surface area contributed by atoms with E-state index in [-0.39, 0.29) is 24.4 Å². The lowest BCUT2D eigenvalue weighted by Crippen LogP contribution is -2.81. The average molecular weight is 946 g/mol. The van der Waals surface area contributed by atoms with E-state index in [0.29, 0.717) is 82.6 Å². The molecule has 65 heavy (non-hydrogen) atoms. The number of hydrogen-bond acceptors (Lipinski definition) is 14. The van der Waals surface area contributed by atoms with Crippen LogP contribution < -0.4 is 9.64 Å². The Morgan fingerprint density at radius 2 is 1.63 bits per heavy atom. The van der Waals surface area contributed by atoms with E-state index >= 15 is 4.79 Å². The molecule has 6 heterocycles. The summed E-state index contributed by atoms with van der Waals surface area (Å²) in [6, 6.07) is 11.0. The maximum Gasteiger partial charge on any atom is 0.394 e. The van der Waals surface area contributed by atoms with Crippen molar-refractivity contribution in [3.63, 3.8) is 0 Å². The molecule has 356 valence electrons. The zero-order chi connectivity index (χ0) is 46.4. The number of nitrogens with one attached hydrogen (secondary N) is 1. The van der Waals surface area contributed by atoms with Crippen LogP contribution >= 0.6 is 12.4 Å². The fourth-order valence-corrected chi connectivity index (χ4v) is 13.5. The van der Waals surface area contributed by atoms with Crippen LogP contribution in [0.25, 0.3) is 10.9 Å². The van der Waals surface area contributed by atoms with Gasteiger partial charge in [0.1, 0.15) is 11.2 Å². The maximum atomic E-state index is 15.3. The summed E-state index contributed by atoms with van der Waals surface area (Å²) in [6.45, 7) is 8.62. The lowest BCUT2D eigenvalue weighted by molar-refractivity contribution is -0.228. The molecule has 1 saturated carbocycles. The SMILES string of the molecule is CC[C@]1(O)C[C@@H]2CN(CCc3c([nH]c4ccccc34)[C@@](C(=O)OC)(c3cc4c(cc3OC)N(C)[C@H]3[C@@](O)(C(=O)OC)[C@H](OC(C)=O)[C@]5(CC)C=CCN6CC[C@]43[C@@H]65)C2)C1.Cl.O=S(=O)(O)O. The van der Waals surface area contributed by atoms with Crippen molar-refractivity contribution < 1.29 is 61.1 Å². The highest BCUT2D eigenvalue weighted by atomic mass is 35.5. The van der Waals surface area contributed by atoms with Crippen LogP contribution in [0.1, 0.15) is 75.3 Å². The van der Waals surface area contributed by atoms with E-state index in [1.807, 2.05) is 50.1 Å². The van der Waals surface area contributed by atoms with Crippen LogP contribution in [0.4, 0.5) is 5.69 Å². The van der Waals surface area contributed by atoms with Crippen molar-refractivity contribution in [1.29, 1.82) is 0 Å². The minimum atomic E-state index is -4.67. The molecule has 1 spiro atoms. The van der Waals surface area contributed by atoms with Gasteiger partial charge in [-0.05, 0) is 74.2 Å². The molecule has 1 aromatic heterocycles. The standard InChI is InChI=1S/C46H58N4O9.ClH.H2O4S/c1-8-42(54)23-28-24-45(40(52)57-6,36-30(15-19-49(25-28)26-42)29-13-10-11-14-33(29)47-36)32-21-31-34(22-35(32)56-5)48(4)38-44(31)17-20-50-18-12-16-43(9-2,37(44)50)39(59-27(3)51)46(38,55)41(53)58-7;;1-5(2,3)4/h10-14,16,21-22,28,37-39,47,54-55H,8-9,15,17-20,23-26H2,1-7H3;1H;(H2,1,2,3,4)/t28-,37-,38+,39+,42-,43+,44+,45-,46-;;/m0../s1. The number of aromatic amines is 1. The monoisotopic (exact) mass is 944 g/mol. The van der Waals surface area contributed by atoms with Crippen molar-refractivity contribution in [1.82, 2.24) is 14.8 Å². The minimum Gasteiger partial charge on any atom is -0.496 e. The van der Waals surface area contributed by atoms with E-state index in [1.165, 1.54) is 21.1 Å². The van der Waals surface area contributed by atoms with Crippen LogP contribution in [0.15, 0.2) is 48.6 Å². The van der Waals surface area contributed by atoms with E-state index in [1.54, 1.807) is 7.11 Å². The Morgan fingerprint density at radius 3 is 2.26 bits per heavy atom. The number of H-pyrrole nitrogens is 1. The van der Waals surface area contributed by atoms with Crippen LogP contribution in [0, 0.1) is 11.3 Å². The molecular formula is C46H61ClN4O13S. The first-order valence-electron chi connectivity index (χ1n) is 21.9. The lowest BCUT2D eigenvalue weighted by Gasteiger charge is -2.63. The average Bonchev–Trinajstić information content (AvgIpc) is 3.92. The fraction of sp³-hybridized carbons (Fsp3) is 0.587. The van der Waals surface area contributed by atoms with E-state index in [9.17, 15) is 19.8 Å². The molecule has 19 heteroatoms. The number of carbonyl (C=O) groups excluding carboxylic acids is 3. The van der Waals surface area contributed by atoms with Crippen LogP contribution in [-0.4, -0.2) is 151 Å². The molecule has 3 fully saturated rings.